The molecule has 0 saturated carbocycles. The molecule has 27 heavy (non-hydrogen) atoms. The van der Waals surface area contributed by atoms with Crippen molar-refractivity contribution in [2.24, 2.45) is 5.73 Å². The molecule has 3 aromatic rings. The van der Waals surface area contributed by atoms with Gasteiger partial charge in [-0.2, -0.15) is 10.2 Å². The Balaban J connectivity index is 1.72. The van der Waals surface area contributed by atoms with E-state index in [0.29, 0.717) is 12.3 Å². The van der Waals surface area contributed by atoms with Gasteiger partial charge < -0.3 is 15.5 Å². The van der Waals surface area contributed by atoms with E-state index in [1.807, 2.05) is 6.92 Å². The number of aryl methyl sites for hydroxylation is 1. The highest BCUT2D eigenvalue weighted by Gasteiger charge is 2.19. The Morgan fingerprint density at radius 1 is 1.33 bits per heavy atom. The Labute approximate surface area is 151 Å². The van der Waals surface area contributed by atoms with Crippen LogP contribution in [0.2, 0.25) is 0 Å². The van der Waals surface area contributed by atoms with Crippen LogP contribution < -0.4 is 11.1 Å². The molecule has 12 nitrogen and oxygen atoms in total. The van der Waals surface area contributed by atoms with Crippen molar-refractivity contribution in [1.82, 2.24) is 19.6 Å². The van der Waals surface area contributed by atoms with Gasteiger partial charge in [-0.25, -0.2) is 0 Å². The molecule has 12 heteroatoms. The second-order valence-electron chi connectivity index (χ2n) is 5.48. The Kier molecular flexibility index (Phi) is 4.70. The summed E-state index contributed by atoms with van der Waals surface area (Å²) >= 11 is 0. The predicted octanol–water partition coefficient (Wildman–Crippen LogP) is 1.00. The second-order valence-corrected chi connectivity index (χ2v) is 5.48. The molecule has 0 radical (unpaired) electrons. The van der Waals surface area contributed by atoms with Crippen molar-refractivity contribution in [3.63, 3.8) is 0 Å². The number of carbonyl (C=O) groups excluding carboxylic acids is 2. The van der Waals surface area contributed by atoms with Crippen LogP contribution in [0.25, 0.3) is 0 Å². The van der Waals surface area contributed by atoms with Gasteiger partial charge in [-0.15, -0.1) is 0 Å². The Bertz CT molecular complexity index is 1020. The van der Waals surface area contributed by atoms with Crippen LogP contribution in [0.5, 0.6) is 0 Å². The van der Waals surface area contributed by atoms with E-state index in [1.165, 1.54) is 27.8 Å². The first kappa shape index (κ1) is 17.8. The molecule has 0 aromatic carbocycles. The minimum Gasteiger partial charge on any atom is -0.454 e. The summed E-state index contributed by atoms with van der Waals surface area (Å²) in [5, 5.41) is 21.0. The topological polar surface area (TPSA) is 164 Å². The molecule has 2 amide bonds. The molecule has 0 aliphatic carbocycles. The number of hydrogen-bond acceptors (Lipinski definition) is 7. The number of rotatable bonds is 7. The third kappa shape index (κ3) is 3.84. The summed E-state index contributed by atoms with van der Waals surface area (Å²) in [5.41, 5.74) is 5.24. The Hall–Kier alpha value is -3.96. The molecule has 0 aliphatic rings. The number of nitro groups is 1. The SMILES string of the molecule is CCn1cc(NC(=O)c2ccc(Cn3cc([N+](=O)[O-])cn3)o2)c(C(N)=O)n1. The lowest BCUT2D eigenvalue weighted by atomic mass is 10.3. The number of nitrogens with one attached hydrogen (secondary N) is 1. The zero-order chi connectivity index (χ0) is 19.6. The molecule has 3 heterocycles. The van der Waals surface area contributed by atoms with Crippen molar-refractivity contribution in [1.29, 1.82) is 0 Å². The number of anilines is 1. The summed E-state index contributed by atoms with van der Waals surface area (Å²) in [6, 6.07) is 2.99. The van der Waals surface area contributed by atoms with Crippen LogP contribution in [0.3, 0.4) is 0 Å². The van der Waals surface area contributed by atoms with E-state index in [-0.39, 0.29) is 29.4 Å². The summed E-state index contributed by atoms with van der Waals surface area (Å²) in [5.74, 6) is -0.993. The normalized spacial score (nSPS) is 10.7. The average molecular weight is 373 g/mol. The first-order chi connectivity index (χ1) is 12.9. The van der Waals surface area contributed by atoms with Crippen LogP contribution in [0.4, 0.5) is 11.4 Å². The third-order valence-electron chi connectivity index (χ3n) is 3.60. The van der Waals surface area contributed by atoms with Crippen LogP contribution in [0.1, 0.15) is 33.7 Å². The van der Waals surface area contributed by atoms with E-state index < -0.39 is 16.7 Å². The first-order valence-electron chi connectivity index (χ1n) is 7.81. The molecule has 3 rings (SSSR count). The average Bonchev–Trinajstić information content (AvgIpc) is 3.34. The third-order valence-corrected chi connectivity index (χ3v) is 3.60. The van der Waals surface area contributed by atoms with Crippen molar-refractivity contribution in [2.75, 3.05) is 5.32 Å². The van der Waals surface area contributed by atoms with E-state index in [4.69, 9.17) is 10.2 Å². The Morgan fingerprint density at radius 2 is 2.11 bits per heavy atom. The van der Waals surface area contributed by atoms with Crippen molar-refractivity contribution in [3.05, 3.63) is 58.1 Å². The van der Waals surface area contributed by atoms with Gasteiger partial charge in [-0.05, 0) is 19.1 Å². The van der Waals surface area contributed by atoms with Gasteiger partial charge in [0.2, 0.25) is 0 Å². The number of hydrogen-bond donors (Lipinski definition) is 2. The summed E-state index contributed by atoms with van der Waals surface area (Å²) in [4.78, 5) is 33.9. The van der Waals surface area contributed by atoms with Gasteiger partial charge in [0, 0.05) is 12.7 Å². The van der Waals surface area contributed by atoms with Gasteiger partial charge in [0.15, 0.2) is 11.5 Å². The molecule has 0 bridgehead atoms. The van der Waals surface area contributed by atoms with E-state index in [2.05, 4.69) is 15.5 Å². The molecule has 140 valence electrons. The van der Waals surface area contributed by atoms with Crippen molar-refractivity contribution >= 4 is 23.2 Å². The lowest BCUT2D eigenvalue weighted by molar-refractivity contribution is -0.385. The largest absolute Gasteiger partial charge is 0.454 e. The molecule has 0 saturated heterocycles. The summed E-state index contributed by atoms with van der Waals surface area (Å²) < 4.78 is 8.22. The molecule has 0 aliphatic heterocycles. The monoisotopic (exact) mass is 373 g/mol. The number of nitrogens with two attached hydrogens (primary N) is 1. The van der Waals surface area contributed by atoms with Gasteiger partial charge >= 0.3 is 5.69 Å². The first-order valence-corrected chi connectivity index (χ1v) is 7.81. The smallest absolute Gasteiger partial charge is 0.307 e. The predicted molar refractivity (Wildman–Crippen MR) is 91.1 cm³/mol. The summed E-state index contributed by atoms with van der Waals surface area (Å²) in [7, 11) is 0. The molecule has 0 unspecified atom stereocenters. The molecule has 0 spiro atoms. The minimum absolute atomic E-state index is 0.00803. The van der Waals surface area contributed by atoms with Gasteiger partial charge in [0.05, 0.1) is 17.2 Å². The van der Waals surface area contributed by atoms with E-state index in [9.17, 15) is 19.7 Å². The molecule has 3 N–H and O–H groups in total. The highest BCUT2D eigenvalue weighted by molar-refractivity contribution is 6.06. The van der Waals surface area contributed by atoms with Crippen molar-refractivity contribution in [3.8, 4) is 0 Å². The van der Waals surface area contributed by atoms with Crippen LogP contribution in [-0.4, -0.2) is 36.3 Å². The van der Waals surface area contributed by atoms with E-state index in [0.717, 1.165) is 6.20 Å². The van der Waals surface area contributed by atoms with Gasteiger partial charge in [-0.3, -0.25) is 29.1 Å². The zero-order valence-corrected chi connectivity index (χ0v) is 14.2. The molecule has 3 aromatic heterocycles. The van der Waals surface area contributed by atoms with E-state index >= 15 is 0 Å². The highest BCUT2D eigenvalue weighted by atomic mass is 16.6. The van der Waals surface area contributed by atoms with Gasteiger partial charge in [0.1, 0.15) is 18.2 Å². The second kappa shape index (κ2) is 7.11. The number of amides is 2. The molecular formula is C15H15N7O5. The number of furan rings is 1. The van der Waals surface area contributed by atoms with Crippen LogP contribution in [0, 0.1) is 10.1 Å². The number of aromatic nitrogens is 4. The maximum absolute atomic E-state index is 12.3. The lowest BCUT2D eigenvalue weighted by Crippen LogP contribution is -2.17. The Morgan fingerprint density at radius 3 is 2.74 bits per heavy atom. The maximum atomic E-state index is 12.3. The lowest BCUT2D eigenvalue weighted by Gasteiger charge is -2.01. The van der Waals surface area contributed by atoms with Crippen LogP contribution in [-0.2, 0) is 13.1 Å². The molecule has 0 atom stereocenters. The quantitative estimate of drug-likeness (QED) is 0.460. The van der Waals surface area contributed by atoms with Crippen LogP contribution >= 0.6 is 0 Å². The number of nitrogens with zero attached hydrogens (tertiary/aromatic N) is 5. The fourth-order valence-electron chi connectivity index (χ4n) is 2.32. The summed E-state index contributed by atoms with van der Waals surface area (Å²) in [6.45, 7) is 2.43. The fraction of sp³-hybridized carbons (Fsp3) is 0.200. The van der Waals surface area contributed by atoms with E-state index in [1.54, 1.807) is 6.07 Å². The maximum Gasteiger partial charge on any atom is 0.307 e. The molecule has 0 fully saturated rings. The van der Waals surface area contributed by atoms with Crippen molar-refractivity contribution < 1.29 is 18.9 Å². The van der Waals surface area contributed by atoms with Gasteiger partial charge in [0.25, 0.3) is 11.8 Å². The van der Waals surface area contributed by atoms with Crippen molar-refractivity contribution in [2.45, 2.75) is 20.0 Å². The standard InChI is InChI=1S/C15H15N7O5/c1-2-20-8-11(13(19-20)14(16)23)18-15(24)12-4-3-10(27-12)7-21-6-9(5-17-21)22(25)26/h3-6,8H,2,7H2,1H3,(H2,16,23)(H,18,24). The van der Waals surface area contributed by atoms with Gasteiger partial charge in [-0.1, -0.05) is 0 Å². The summed E-state index contributed by atoms with van der Waals surface area (Å²) in [6.07, 6.45) is 3.86. The fourth-order valence-corrected chi connectivity index (χ4v) is 2.32. The van der Waals surface area contributed by atoms with Crippen LogP contribution in [0.15, 0.2) is 35.1 Å². The number of primary amides is 1. The zero-order valence-electron chi connectivity index (χ0n) is 14.2. The number of carbonyl (C=O) groups is 2. The minimum atomic E-state index is -0.766. The highest BCUT2D eigenvalue weighted by Crippen LogP contribution is 2.17. The molecular weight excluding hydrogens is 358 g/mol.